The van der Waals surface area contributed by atoms with Crippen molar-refractivity contribution in [2.45, 2.75) is 26.7 Å². The number of fused-ring (bicyclic) bond motifs is 1. The highest BCUT2D eigenvalue weighted by Gasteiger charge is 2.35. The molecule has 0 bridgehead atoms. The zero-order valence-corrected chi connectivity index (χ0v) is 11.2. The van der Waals surface area contributed by atoms with Gasteiger partial charge in [0, 0.05) is 5.92 Å². The summed E-state index contributed by atoms with van der Waals surface area (Å²) in [6.07, 6.45) is 13.8. The lowest BCUT2D eigenvalue weighted by Gasteiger charge is -2.34. The SMILES string of the molecule is CCC(C)(C1=Cc2ccccc2C1)C1C=CC=C1. The molecule has 0 aromatic heterocycles. The highest BCUT2D eigenvalue weighted by Crippen LogP contribution is 2.46. The fourth-order valence-electron chi connectivity index (χ4n) is 3.18. The second-order valence-corrected chi connectivity index (χ2v) is 5.61. The number of hydrogen-bond acceptors (Lipinski definition) is 0. The summed E-state index contributed by atoms with van der Waals surface area (Å²) in [6, 6.07) is 8.78. The molecule has 18 heavy (non-hydrogen) atoms. The third-order valence-corrected chi connectivity index (χ3v) is 4.72. The zero-order valence-electron chi connectivity index (χ0n) is 11.2. The number of rotatable bonds is 3. The molecule has 1 unspecified atom stereocenters. The summed E-state index contributed by atoms with van der Waals surface area (Å²) in [5.74, 6) is 0.558. The monoisotopic (exact) mass is 236 g/mol. The summed E-state index contributed by atoms with van der Waals surface area (Å²) < 4.78 is 0. The zero-order chi connectivity index (χ0) is 12.6. The Morgan fingerprint density at radius 1 is 1.17 bits per heavy atom. The Balaban J connectivity index is 1.96. The van der Waals surface area contributed by atoms with Gasteiger partial charge in [0.05, 0.1) is 0 Å². The molecule has 0 aliphatic heterocycles. The summed E-state index contributed by atoms with van der Waals surface area (Å²) in [5.41, 5.74) is 4.76. The minimum Gasteiger partial charge on any atom is -0.0768 e. The molecule has 1 aromatic carbocycles. The highest BCUT2D eigenvalue weighted by atomic mass is 14.4. The van der Waals surface area contributed by atoms with Crippen LogP contribution >= 0.6 is 0 Å². The van der Waals surface area contributed by atoms with Crippen molar-refractivity contribution in [3.63, 3.8) is 0 Å². The van der Waals surface area contributed by atoms with Crippen LogP contribution in [0.1, 0.15) is 31.4 Å². The molecule has 0 heteroatoms. The fourth-order valence-corrected chi connectivity index (χ4v) is 3.18. The van der Waals surface area contributed by atoms with Crippen molar-refractivity contribution < 1.29 is 0 Å². The van der Waals surface area contributed by atoms with Crippen molar-refractivity contribution in [1.29, 1.82) is 0 Å². The van der Waals surface area contributed by atoms with Crippen LogP contribution in [0.25, 0.3) is 6.08 Å². The molecule has 2 aliphatic carbocycles. The third-order valence-electron chi connectivity index (χ3n) is 4.72. The molecular formula is C18H20. The third kappa shape index (κ3) is 1.68. The lowest BCUT2D eigenvalue weighted by molar-refractivity contribution is 0.319. The van der Waals surface area contributed by atoms with Gasteiger partial charge in [-0.15, -0.1) is 0 Å². The van der Waals surface area contributed by atoms with E-state index in [4.69, 9.17) is 0 Å². The van der Waals surface area contributed by atoms with Crippen molar-refractivity contribution in [3.05, 3.63) is 65.3 Å². The van der Waals surface area contributed by atoms with Crippen LogP contribution < -0.4 is 0 Å². The Kier molecular flexibility index (Phi) is 2.74. The van der Waals surface area contributed by atoms with Crippen molar-refractivity contribution in [3.8, 4) is 0 Å². The molecule has 0 radical (unpaired) electrons. The molecule has 0 saturated heterocycles. The minimum absolute atomic E-state index is 0.266. The van der Waals surface area contributed by atoms with Gasteiger partial charge in [0.2, 0.25) is 0 Å². The van der Waals surface area contributed by atoms with Gasteiger partial charge in [-0.05, 0) is 29.4 Å². The van der Waals surface area contributed by atoms with Crippen LogP contribution in [0.4, 0.5) is 0 Å². The Bertz CT molecular complexity index is 533. The molecule has 0 saturated carbocycles. The van der Waals surface area contributed by atoms with Gasteiger partial charge < -0.3 is 0 Å². The van der Waals surface area contributed by atoms with Crippen LogP contribution in [0.15, 0.2) is 54.1 Å². The first-order valence-corrected chi connectivity index (χ1v) is 6.88. The molecule has 0 N–H and O–H groups in total. The van der Waals surface area contributed by atoms with Gasteiger partial charge in [-0.1, -0.05) is 74.1 Å². The summed E-state index contributed by atoms with van der Waals surface area (Å²) in [6.45, 7) is 4.72. The van der Waals surface area contributed by atoms with Crippen LogP contribution in [0.3, 0.4) is 0 Å². The molecule has 0 fully saturated rings. The van der Waals surface area contributed by atoms with E-state index in [9.17, 15) is 0 Å². The van der Waals surface area contributed by atoms with Gasteiger partial charge in [0.15, 0.2) is 0 Å². The maximum atomic E-state index is 2.42. The normalized spacial score (nSPS) is 20.9. The first-order valence-electron chi connectivity index (χ1n) is 6.88. The average Bonchev–Trinajstić information content (AvgIpc) is 3.06. The summed E-state index contributed by atoms with van der Waals surface area (Å²) in [7, 11) is 0. The van der Waals surface area contributed by atoms with Crippen molar-refractivity contribution >= 4 is 6.08 Å². The minimum atomic E-state index is 0.266. The number of benzene rings is 1. The van der Waals surface area contributed by atoms with E-state index in [1.54, 1.807) is 5.57 Å². The standard InChI is InChI=1S/C18H20/c1-3-18(2,16-10-6-7-11-16)17-12-14-8-4-5-9-15(14)13-17/h4-12,16H,3,13H2,1-2H3. The summed E-state index contributed by atoms with van der Waals surface area (Å²) >= 11 is 0. The quantitative estimate of drug-likeness (QED) is 0.708. The van der Waals surface area contributed by atoms with Gasteiger partial charge in [-0.25, -0.2) is 0 Å². The van der Waals surface area contributed by atoms with E-state index in [-0.39, 0.29) is 5.41 Å². The smallest absolute Gasteiger partial charge is 0.00440 e. The van der Waals surface area contributed by atoms with Gasteiger partial charge in [0.25, 0.3) is 0 Å². The lowest BCUT2D eigenvalue weighted by atomic mass is 9.69. The van der Waals surface area contributed by atoms with Gasteiger partial charge >= 0.3 is 0 Å². The van der Waals surface area contributed by atoms with Crippen molar-refractivity contribution in [1.82, 2.24) is 0 Å². The van der Waals surface area contributed by atoms with Gasteiger partial charge in [-0.2, -0.15) is 0 Å². The fraction of sp³-hybridized carbons (Fsp3) is 0.333. The molecular weight excluding hydrogens is 216 g/mol. The number of allylic oxidation sites excluding steroid dienone is 5. The van der Waals surface area contributed by atoms with E-state index < -0.39 is 0 Å². The topological polar surface area (TPSA) is 0 Å². The molecule has 2 aliphatic rings. The molecule has 92 valence electrons. The molecule has 1 aromatic rings. The molecule has 0 nitrogen and oxygen atoms in total. The maximum absolute atomic E-state index is 2.42. The molecule has 3 rings (SSSR count). The Morgan fingerprint density at radius 3 is 2.56 bits per heavy atom. The van der Waals surface area contributed by atoms with Crippen molar-refractivity contribution in [2.24, 2.45) is 11.3 Å². The Morgan fingerprint density at radius 2 is 1.89 bits per heavy atom. The van der Waals surface area contributed by atoms with E-state index in [0.29, 0.717) is 5.92 Å². The van der Waals surface area contributed by atoms with Crippen LogP contribution in [0, 0.1) is 11.3 Å². The molecule has 0 amide bonds. The van der Waals surface area contributed by atoms with E-state index >= 15 is 0 Å². The van der Waals surface area contributed by atoms with Gasteiger partial charge in [-0.3, -0.25) is 0 Å². The predicted octanol–water partition coefficient (Wildman–Crippen LogP) is 4.78. The summed E-state index contributed by atoms with van der Waals surface area (Å²) in [5, 5.41) is 0. The van der Waals surface area contributed by atoms with E-state index in [2.05, 4.69) is 68.5 Å². The molecule has 0 heterocycles. The second-order valence-electron chi connectivity index (χ2n) is 5.61. The second kappa shape index (κ2) is 4.28. The highest BCUT2D eigenvalue weighted by molar-refractivity contribution is 5.65. The lowest BCUT2D eigenvalue weighted by Crippen LogP contribution is -2.26. The molecule has 0 spiro atoms. The van der Waals surface area contributed by atoms with Crippen LogP contribution in [0.5, 0.6) is 0 Å². The first kappa shape index (κ1) is 11.5. The number of hydrogen-bond donors (Lipinski definition) is 0. The Labute approximate surface area is 110 Å². The average molecular weight is 236 g/mol. The van der Waals surface area contributed by atoms with Crippen LogP contribution in [0.2, 0.25) is 0 Å². The van der Waals surface area contributed by atoms with Crippen LogP contribution in [-0.2, 0) is 6.42 Å². The first-order chi connectivity index (χ1) is 8.74. The van der Waals surface area contributed by atoms with Crippen LogP contribution in [-0.4, -0.2) is 0 Å². The van der Waals surface area contributed by atoms with Crippen molar-refractivity contribution in [2.75, 3.05) is 0 Å². The molecule has 1 atom stereocenters. The van der Waals surface area contributed by atoms with E-state index in [1.807, 2.05) is 0 Å². The predicted molar refractivity (Wildman–Crippen MR) is 78.3 cm³/mol. The van der Waals surface area contributed by atoms with E-state index in [0.717, 1.165) is 6.42 Å². The summed E-state index contributed by atoms with van der Waals surface area (Å²) in [4.78, 5) is 0. The van der Waals surface area contributed by atoms with Gasteiger partial charge in [0.1, 0.15) is 0 Å². The van der Waals surface area contributed by atoms with E-state index in [1.165, 1.54) is 17.5 Å². The maximum Gasteiger partial charge on any atom is 0.00440 e. The Hall–Kier alpha value is -1.56. The largest absolute Gasteiger partial charge is 0.0768 e.